The first-order chi connectivity index (χ1) is 11.5. The van der Waals surface area contributed by atoms with Gasteiger partial charge in [0.05, 0.1) is 4.90 Å². The van der Waals surface area contributed by atoms with E-state index < -0.39 is 32.2 Å². The average Bonchev–Trinajstić information content (AvgIpc) is 3.07. The fourth-order valence-corrected chi connectivity index (χ4v) is 3.23. The number of likely N-dealkylation sites (tertiary alicyclic amines) is 1. The minimum Gasteiger partial charge on any atom is -0.341 e. The van der Waals surface area contributed by atoms with Gasteiger partial charge in [-0.1, -0.05) is 0 Å². The van der Waals surface area contributed by atoms with Crippen LogP contribution in [0.5, 0.6) is 0 Å². The highest BCUT2D eigenvalue weighted by Crippen LogP contribution is 2.30. The lowest BCUT2D eigenvalue weighted by atomic mass is 10.2. The molecule has 1 fully saturated rings. The van der Waals surface area contributed by atoms with Crippen LogP contribution in [0.15, 0.2) is 29.2 Å². The van der Waals surface area contributed by atoms with Crippen molar-refractivity contribution in [2.75, 3.05) is 13.1 Å². The third-order valence-corrected chi connectivity index (χ3v) is 5.37. The van der Waals surface area contributed by atoms with Crippen LogP contribution < -0.4 is 5.32 Å². The molecule has 0 bridgehead atoms. The van der Waals surface area contributed by atoms with Crippen LogP contribution in [0.3, 0.4) is 0 Å². The molecule has 0 spiro atoms. The average molecular weight is 378 g/mol. The number of carbonyl (C=O) groups is 2. The van der Waals surface area contributed by atoms with Crippen molar-refractivity contribution in [1.29, 1.82) is 0 Å². The van der Waals surface area contributed by atoms with E-state index in [1.54, 1.807) is 4.90 Å². The summed E-state index contributed by atoms with van der Waals surface area (Å²) in [4.78, 5) is 24.9. The molecule has 1 N–H and O–H groups in total. The van der Waals surface area contributed by atoms with Crippen molar-refractivity contribution < 1.29 is 31.2 Å². The van der Waals surface area contributed by atoms with E-state index in [4.69, 9.17) is 0 Å². The molecule has 2 rings (SSSR count). The van der Waals surface area contributed by atoms with Crippen LogP contribution in [-0.2, 0) is 14.6 Å². The molecule has 25 heavy (non-hydrogen) atoms. The van der Waals surface area contributed by atoms with E-state index >= 15 is 0 Å². The van der Waals surface area contributed by atoms with Crippen LogP contribution in [0, 0.1) is 0 Å². The highest BCUT2D eigenvalue weighted by atomic mass is 32.2. The first-order valence-electron chi connectivity index (χ1n) is 7.55. The van der Waals surface area contributed by atoms with Crippen LogP contribution in [0.1, 0.15) is 30.1 Å². The summed E-state index contributed by atoms with van der Waals surface area (Å²) in [6.45, 7) is 2.77. The van der Waals surface area contributed by atoms with E-state index in [2.05, 4.69) is 5.32 Å². The summed E-state index contributed by atoms with van der Waals surface area (Å²) in [5.74, 6) is -0.905. The zero-order valence-electron chi connectivity index (χ0n) is 13.3. The van der Waals surface area contributed by atoms with Gasteiger partial charge in [-0.25, -0.2) is 8.42 Å². The second kappa shape index (κ2) is 7.03. The maximum Gasteiger partial charge on any atom is 0.501 e. The molecule has 138 valence electrons. The lowest BCUT2D eigenvalue weighted by molar-refractivity contribution is -0.131. The predicted octanol–water partition coefficient (Wildman–Crippen LogP) is 1.72. The van der Waals surface area contributed by atoms with Crippen molar-refractivity contribution in [2.45, 2.75) is 36.2 Å². The first-order valence-corrected chi connectivity index (χ1v) is 9.03. The van der Waals surface area contributed by atoms with Crippen LogP contribution in [-0.4, -0.2) is 49.8 Å². The molecule has 0 radical (unpaired) electrons. The summed E-state index contributed by atoms with van der Waals surface area (Å²) >= 11 is 0. The molecule has 10 heteroatoms. The largest absolute Gasteiger partial charge is 0.501 e. The lowest BCUT2D eigenvalue weighted by Gasteiger charge is -2.21. The topological polar surface area (TPSA) is 83.5 Å². The number of rotatable bonds is 4. The summed E-state index contributed by atoms with van der Waals surface area (Å²) in [6.07, 6.45) is 1.81. The van der Waals surface area contributed by atoms with Gasteiger partial charge in [0.15, 0.2) is 0 Å². The Morgan fingerprint density at radius 2 is 1.64 bits per heavy atom. The molecule has 2 amide bonds. The van der Waals surface area contributed by atoms with Gasteiger partial charge in [0.1, 0.15) is 6.04 Å². The zero-order valence-corrected chi connectivity index (χ0v) is 14.2. The summed E-state index contributed by atoms with van der Waals surface area (Å²) < 4.78 is 60.0. The Morgan fingerprint density at radius 3 is 2.12 bits per heavy atom. The van der Waals surface area contributed by atoms with Crippen LogP contribution >= 0.6 is 0 Å². The molecule has 1 aliphatic rings. The molecule has 1 aromatic carbocycles. The quantitative estimate of drug-likeness (QED) is 0.865. The van der Waals surface area contributed by atoms with E-state index in [0.29, 0.717) is 25.2 Å². The Kier molecular flexibility index (Phi) is 5.40. The van der Waals surface area contributed by atoms with Crippen molar-refractivity contribution in [2.24, 2.45) is 0 Å². The van der Waals surface area contributed by atoms with Crippen LogP contribution in [0.4, 0.5) is 13.2 Å². The Balaban J connectivity index is 2.06. The van der Waals surface area contributed by atoms with Crippen molar-refractivity contribution in [1.82, 2.24) is 10.2 Å². The number of alkyl halides is 3. The minimum absolute atomic E-state index is 0.0396. The SMILES string of the molecule is C[C@H](NC(=O)c1ccc(S(=O)(=O)C(F)(F)F)cc1)C(=O)N1CCCC1. The molecule has 0 aliphatic carbocycles. The van der Waals surface area contributed by atoms with E-state index in [1.807, 2.05) is 0 Å². The molecule has 1 heterocycles. The summed E-state index contributed by atoms with van der Waals surface area (Å²) in [5.41, 5.74) is -5.45. The number of benzene rings is 1. The van der Waals surface area contributed by atoms with Gasteiger partial charge in [-0.05, 0) is 44.0 Å². The van der Waals surface area contributed by atoms with Crippen molar-refractivity contribution in [3.63, 3.8) is 0 Å². The van der Waals surface area contributed by atoms with Crippen LogP contribution in [0.2, 0.25) is 0 Å². The first kappa shape index (κ1) is 19.2. The minimum atomic E-state index is -5.46. The number of nitrogens with zero attached hydrogens (tertiary/aromatic N) is 1. The summed E-state index contributed by atoms with van der Waals surface area (Å²) in [6, 6.07) is 2.58. The third kappa shape index (κ3) is 4.12. The molecule has 1 saturated heterocycles. The molecule has 1 aliphatic heterocycles. The molecular weight excluding hydrogens is 361 g/mol. The van der Waals surface area contributed by atoms with Gasteiger partial charge in [0.25, 0.3) is 15.7 Å². The summed E-state index contributed by atoms with van der Waals surface area (Å²) in [7, 11) is -5.46. The van der Waals surface area contributed by atoms with Gasteiger partial charge in [-0.3, -0.25) is 9.59 Å². The second-order valence-electron chi connectivity index (χ2n) is 5.70. The predicted molar refractivity (Wildman–Crippen MR) is 82.4 cm³/mol. The van der Waals surface area contributed by atoms with Gasteiger partial charge >= 0.3 is 5.51 Å². The third-order valence-electron chi connectivity index (χ3n) is 3.87. The molecule has 1 aromatic rings. The zero-order chi connectivity index (χ0) is 18.8. The smallest absolute Gasteiger partial charge is 0.341 e. The van der Waals surface area contributed by atoms with Crippen molar-refractivity contribution in [3.8, 4) is 0 Å². The van der Waals surface area contributed by atoms with E-state index in [-0.39, 0.29) is 11.5 Å². The molecular formula is C15H17F3N2O4S. The monoisotopic (exact) mass is 378 g/mol. The lowest BCUT2D eigenvalue weighted by Crippen LogP contribution is -2.45. The number of hydrogen-bond donors (Lipinski definition) is 1. The maximum absolute atomic E-state index is 12.5. The van der Waals surface area contributed by atoms with Gasteiger partial charge in [0, 0.05) is 18.7 Å². The second-order valence-corrected chi connectivity index (χ2v) is 7.64. The van der Waals surface area contributed by atoms with Crippen molar-refractivity contribution in [3.05, 3.63) is 29.8 Å². The van der Waals surface area contributed by atoms with E-state index in [9.17, 15) is 31.2 Å². The number of carbonyl (C=O) groups excluding carboxylic acids is 2. The molecule has 6 nitrogen and oxygen atoms in total. The number of amides is 2. The van der Waals surface area contributed by atoms with Gasteiger partial charge in [-0.2, -0.15) is 13.2 Å². The molecule has 0 saturated carbocycles. The summed E-state index contributed by atoms with van der Waals surface area (Å²) in [5, 5.41) is 2.46. The molecule has 0 aromatic heterocycles. The Bertz CT molecular complexity index is 754. The van der Waals surface area contributed by atoms with E-state index in [1.165, 1.54) is 6.92 Å². The number of halogens is 3. The molecule has 0 unspecified atom stereocenters. The normalized spacial score (nSPS) is 16.6. The Morgan fingerprint density at radius 1 is 1.12 bits per heavy atom. The van der Waals surface area contributed by atoms with E-state index in [0.717, 1.165) is 25.0 Å². The van der Waals surface area contributed by atoms with Gasteiger partial charge in [0.2, 0.25) is 5.91 Å². The standard InChI is InChI=1S/C15H17F3N2O4S/c1-10(14(22)20-8-2-3-9-20)19-13(21)11-4-6-12(7-5-11)25(23,24)15(16,17)18/h4-7,10H,2-3,8-9H2,1H3,(H,19,21)/t10-/m0/s1. The number of sulfone groups is 1. The van der Waals surface area contributed by atoms with Crippen LogP contribution in [0.25, 0.3) is 0 Å². The number of hydrogen-bond acceptors (Lipinski definition) is 4. The fourth-order valence-electron chi connectivity index (χ4n) is 2.47. The Hall–Kier alpha value is -2.10. The van der Waals surface area contributed by atoms with Crippen molar-refractivity contribution >= 4 is 21.7 Å². The van der Waals surface area contributed by atoms with Gasteiger partial charge in [-0.15, -0.1) is 0 Å². The van der Waals surface area contributed by atoms with Gasteiger partial charge < -0.3 is 10.2 Å². The Labute approximate surface area is 142 Å². The highest BCUT2D eigenvalue weighted by molar-refractivity contribution is 7.92. The molecule has 1 atom stereocenters. The maximum atomic E-state index is 12.5. The fraction of sp³-hybridized carbons (Fsp3) is 0.467. The number of nitrogens with one attached hydrogen (secondary N) is 1. The highest BCUT2D eigenvalue weighted by Gasteiger charge is 2.46.